The van der Waals surface area contributed by atoms with Gasteiger partial charge in [0.2, 0.25) is 0 Å². The third-order valence-corrected chi connectivity index (χ3v) is 6.44. The average molecular weight is 163 g/mol. The molecule has 9 heavy (non-hydrogen) atoms. The van der Waals surface area contributed by atoms with Gasteiger partial charge in [-0.2, -0.15) is 0 Å². The van der Waals surface area contributed by atoms with E-state index in [1.807, 2.05) is 0 Å². The van der Waals surface area contributed by atoms with Crippen molar-refractivity contribution in [3.63, 3.8) is 0 Å². The van der Waals surface area contributed by atoms with Crippen LogP contribution in [0.1, 0.15) is 26.7 Å². The van der Waals surface area contributed by atoms with Crippen molar-refractivity contribution in [1.82, 2.24) is 0 Å². The van der Waals surface area contributed by atoms with Gasteiger partial charge in [-0.25, -0.2) is 0 Å². The summed E-state index contributed by atoms with van der Waals surface area (Å²) >= 11 is 0. The first-order valence-corrected chi connectivity index (χ1v) is 6.59. The van der Waals surface area contributed by atoms with E-state index in [0.717, 1.165) is 15.2 Å². The lowest BCUT2D eigenvalue weighted by molar-refractivity contribution is 0.949. The Morgan fingerprint density at radius 2 is 1.78 bits per heavy atom. The summed E-state index contributed by atoms with van der Waals surface area (Å²) in [5.74, 6) is 3.01. The summed E-state index contributed by atoms with van der Waals surface area (Å²) in [5, 5.41) is 0.853. The van der Waals surface area contributed by atoms with Crippen LogP contribution in [0.3, 0.4) is 0 Å². The predicted molar refractivity (Wildman–Crippen MR) is 49.1 cm³/mol. The van der Waals surface area contributed by atoms with E-state index in [1.54, 1.807) is 0 Å². The molecule has 0 aromatic rings. The van der Waals surface area contributed by atoms with Crippen molar-refractivity contribution in [3.8, 4) is 0 Å². The zero-order valence-corrected chi connectivity index (χ0v) is 7.86. The Kier molecular flexibility index (Phi) is 3.27. The maximum atomic E-state index is 2.30. The van der Waals surface area contributed by atoms with Crippen molar-refractivity contribution in [2.45, 2.75) is 31.9 Å². The van der Waals surface area contributed by atoms with Crippen molar-refractivity contribution < 1.29 is 0 Å². The Morgan fingerprint density at radius 1 is 1.22 bits per heavy atom. The summed E-state index contributed by atoms with van der Waals surface area (Å²) in [4.78, 5) is 0. The second-order valence-corrected chi connectivity index (χ2v) is 7.52. The van der Waals surface area contributed by atoms with E-state index < -0.39 is 0 Å². The molecule has 0 aliphatic carbocycles. The summed E-state index contributed by atoms with van der Waals surface area (Å²) in [5.41, 5.74) is 0. The predicted octanol–water partition coefficient (Wildman–Crippen LogP) is 2.46. The van der Waals surface area contributed by atoms with Gasteiger partial charge in [-0.1, -0.05) is 0 Å². The molecule has 0 saturated carbocycles. The fraction of sp³-hybridized carbons (Fsp3) is 1.00. The lowest BCUT2D eigenvalue weighted by Crippen LogP contribution is -2.01. The Hall–Kier alpha value is 0.700. The minimum Gasteiger partial charge on any atom is -0.0491 e. The fourth-order valence-corrected chi connectivity index (χ4v) is 5.91. The monoisotopic (exact) mass is 163 g/mol. The summed E-state index contributed by atoms with van der Waals surface area (Å²) in [6.07, 6.45) is 2.98. The molecule has 0 atom stereocenters. The normalized spacial score (nSPS) is 21.7. The first kappa shape index (κ1) is 7.80. The van der Waals surface area contributed by atoms with Gasteiger partial charge in [-0.3, -0.25) is 0 Å². The average Bonchev–Trinajstić information content (AvgIpc) is 2.15. The lowest BCUT2D eigenvalue weighted by atomic mass is 10.4. The molecule has 0 unspecified atom stereocenters. The van der Waals surface area contributed by atoms with Gasteiger partial charge in [0, 0.05) is 5.25 Å². The van der Waals surface area contributed by atoms with Crippen molar-refractivity contribution in [2.24, 2.45) is 0 Å². The quantitative estimate of drug-likeness (QED) is 0.445. The van der Waals surface area contributed by atoms with Crippen LogP contribution in [-0.4, -0.2) is 16.8 Å². The van der Waals surface area contributed by atoms with Crippen LogP contribution in [0, 0.1) is 0 Å². The number of hydrogen-bond donors (Lipinski definition) is 0. The van der Waals surface area contributed by atoms with Gasteiger partial charge in [-0.15, -0.1) is 0 Å². The molecule has 1 aliphatic heterocycles. The lowest BCUT2D eigenvalue weighted by Gasteiger charge is -1.99. The molecule has 1 rings (SSSR count). The summed E-state index contributed by atoms with van der Waals surface area (Å²) < 4.78 is 0. The molecule has 0 aromatic carbocycles. The van der Waals surface area contributed by atoms with Crippen LogP contribution < -0.4 is 0 Å². The molecule has 0 amide bonds. The summed E-state index contributed by atoms with van der Waals surface area (Å²) in [7, 11) is 2.95. The van der Waals surface area contributed by atoms with Gasteiger partial charge >= 0.3 is 0 Å². The van der Waals surface area contributed by atoms with Crippen molar-refractivity contribution in [2.75, 3.05) is 11.5 Å². The molecule has 2 heteroatoms. The number of hydrogen-bond acceptors (Lipinski definition) is 1. The highest BCUT2D eigenvalue weighted by Gasteiger charge is 2.26. The maximum Gasteiger partial charge on any atom is 0.120 e. The molecule has 0 bridgehead atoms. The van der Waals surface area contributed by atoms with Gasteiger partial charge < -0.3 is 0 Å². The largest absolute Gasteiger partial charge is 0.120 e. The van der Waals surface area contributed by atoms with Crippen molar-refractivity contribution in [3.05, 3.63) is 0 Å². The molecule has 0 spiro atoms. The molecule has 1 fully saturated rings. The van der Waals surface area contributed by atoms with E-state index in [2.05, 4.69) is 24.6 Å². The third-order valence-electron chi connectivity index (χ3n) is 1.32. The van der Waals surface area contributed by atoms with E-state index in [0.29, 0.717) is 0 Å². The van der Waals surface area contributed by atoms with Crippen molar-refractivity contribution >= 4 is 20.7 Å². The fourth-order valence-electron chi connectivity index (χ4n) is 0.997. The van der Waals surface area contributed by atoms with Gasteiger partial charge in [-0.05, 0) is 26.7 Å². The van der Waals surface area contributed by atoms with Crippen LogP contribution in [0.15, 0.2) is 0 Å². The highest BCUT2D eigenvalue weighted by atomic mass is 33.1. The molecule has 1 heterocycles. The van der Waals surface area contributed by atoms with E-state index >= 15 is 0 Å². The smallest absolute Gasteiger partial charge is 0.0491 e. The summed E-state index contributed by atoms with van der Waals surface area (Å²) in [6.45, 7) is 4.60. The van der Waals surface area contributed by atoms with Crippen LogP contribution in [0.4, 0.5) is 0 Å². The second kappa shape index (κ2) is 3.77. The minimum atomic E-state index is 0.759. The molecule has 0 N–H and O–H groups in total. The number of rotatable bonds is 2. The van der Waals surface area contributed by atoms with E-state index in [4.69, 9.17) is 0 Å². The first-order valence-electron chi connectivity index (χ1n) is 3.63. The van der Waals surface area contributed by atoms with Crippen LogP contribution in [0.2, 0.25) is 0 Å². The van der Waals surface area contributed by atoms with E-state index in [-0.39, 0.29) is 0 Å². The van der Waals surface area contributed by atoms with E-state index in [1.165, 1.54) is 24.3 Å². The molecule has 0 nitrogen and oxygen atoms in total. The van der Waals surface area contributed by atoms with Gasteiger partial charge in [0.1, 0.15) is 11.5 Å². The van der Waals surface area contributed by atoms with Crippen LogP contribution >= 0.6 is 10.8 Å². The molecule has 1 aliphatic rings. The molecule has 54 valence electrons. The third kappa shape index (κ3) is 2.85. The standard InChI is InChI=1S/C7H15S2/c1-7(2)8-9-5-3-4-6-9/h7H,3-6H2,1-2H3/q+1. The molecular weight excluding hydrogens is 148 g/mol. The maximum absolute atomic E-state index is 2.30. The Balaban J connectivity index is 2.11. The Morgan fingerprint density at radius 3 is 2.22 bits per heavy atom. The molecule has 0 aromatic heterocycles. The first-order chi connectivity index (χ1) is 4.29. The van der Waals surface area contributed by atoms with Gasteiger partial charge in [0.15, 0.2) is 0 Å². The van der Waals surface area contributed by atoms with Crippen molar-refractivity contribution in [1.29, 1.82) is 0 Å². The molecule has 1 saturated heterocycles. The molecule has 0 radical (unpaired) electrons. The minimum absolute atomic E-state index is 0.759. The Bertz CT molecular complexity index is 75.0. The zero-order valence-electron chi connectivity index (χ0n) is 6.22. The SMILES string of the molecule is CC(C)S[S+]1CCCC1. The molecular formula is C7H15S2+. The second-order valence-electron chi connectivity index (χ2n) is 2.70. The topological polar surface area (TPSA) is 0 Å². The summed E-state index contributed by atoms with van der Waals surface area (Å²) in [6, 6.07) is 0. The zero-order chi connectivity index (χ0) is 6.69. The van der Waals surface area contributed by atoms with Gasteiger partial charge in [0.25, 0.3) is 0 Å². The van der Waals surface area contributed by atoms with Gasteiger partial charge in [0.05, 0.1) is 20.7 Å². The highest BCUT2D eigenvalue weighted by molar-refractivity contribution is 8.74. The Labute approximate surface area is 64.5 Å². The van der Waals surface area contributed by atoms with Crippen LogP contribution in [0.25, 0.3) is 0 Å². The van der Waals surface area contributed by atoms with Crippen LogP contribution in [-0.2, 0) is 9.93 Å². The van der Waals surface area contributed by atoms with Crippen LogP contribution in [0.5, 0.6) is 0 Å². The van der Waals surface area contributed by atoms with E-state index in [9.17, 15) is 0 Å². The highest BCUT2D eigenvalue weighted by Crippen LogP contribution is 2.28.